The quantitative estimate of drug-likeness (QED) is 0.586. The molecule has 5 nitrogen and oxygen atoms in total. The van der Waals surface area contributed by atoms with Crippen molar-refractivity contribution in [3.63, 3.8) is 0 Å². The Bertz CT molecular complexity index is 1160. The van der Waals surface area contributed by atoms with Gasteiger partial charge in [0.25, 0.3) is 5.91 Å². The highest BCUT2D eigenvalue weighted by Crippen LogP contribution is 2.44. The molecule has 1 aromatic heterocycles. The first kappa shape index (κ1) is 18.6. The number of aromatic nitrogens is 1. The third kappa shape index (κ3) is 2.87. The standard InChI is InChI=1S/C21H19ClFN3O2S/c1-10-16(12-5-6-15(23)19-17(12)25-21(24)29-19)14(22)8-13-18(10)28-9-11-4-2-3-7-26(11)20(13)27/h5-6,8,11H,2-4,7,9H2,1H3,(H2,24,25)/t11-/m1/s1. The van der Waals surface area contributed by atoms with E-state index in [4.69, 9.17) is 22.1 Å². The number of halogens is 2. The summed E-state index contributed by atoms with van der Waals surface area (Å²) in [6, 6.07) is 4.80. The first-order chi connectivity index (χ1) is 14.0. The molecule has 1 amide bonds. The van der Waals surface area contributed by atoms with E-state index in [2.05, 4.69) is 4.98 Å². The molecule has 29 heavy (non-hydrogen) atoms. The third-order valence-electron chi connectivity index (χ3n) is 5.79. The first-order valence-corrected chi connectivity index (χ1v) is 10.8. The molecule has 150 valence electrons. The number of hydrogen-bond acceptors (Lipinski definition) is 5. The molecule has 2 aliphatic heterocycles. The zero-order valence-corrected chi connectivity index (χ0v) is 17.4. The fourth-order valence-corrected chi connectivity index (χ4v) is 5.52. The predicted molar refractivity (Wildman–Crippen MR) is 113 cm³/mol. The van der Waals surface area contributed by atoms with Crippen LogP contribution in [0, 0.1) is 12.7 Å². The minimum absolute atomic E-state index is 0.0408. The van der Waals surface area contributed by atoms with Crippen LogP contribution in [0.3, 0.4) is 0 Å². The van der Waals surface area contributed by atoms with Gasteiger partial charge in [0, 0.05) is 28.3 Å². The van der Waals surface area contributed by atoms with Crippen LogP contribution in [0.4, 0.5) is 9.52 Å². The average molecular weight is 432 g/mol. The zero-order valence-electron chi connectivity index (χ0n) is 15.8. The molecule has 2 aliphatic rings. The molecule has 2 N–H and O–H groups in total. The Labute approximate surface area is 176 Å². The maximum absolute atomic E-state index is 14.3. The Hall–Kier alpha value is -2.38. The Morgan fingerprint density at radius 2 is 2.17 bits per heavy atom. The monoisotopic (exact) mass is 431 g/mol. The molecule has 0 spiro atoms. The molecular formula is C21H19ClFN3O2S. The lowest BCUT2D eigenvalue weighted by Crippen LogP contribution is -2.45. The highest BCUT2D eigenvalue weighted by atomic mass is 35.5. The van der Waals surface area contributed by atoms with Crippen LogP contribution in [0.15, 0.2) is 18.2 Å². The van der Waals surface area contributed by atoms with Gasteiger partial charge in [-0.25, -0.2) is 9.37 Å². The van der Waals surface area contributed by atoms with Crippen molar-refractivity contribution in [2.75, 3.05) is 18.9 Å². The number of ether oxygens (including phenoxy) is 1. The van der Waals surface area contributed by atoms with Gasteiger partial charge in [-0.1, -0.05) is 22.9 Å². The third-order valence-corrected chi connectivity index (χ3v) is 6.98. The summed E-state index contributed by atoms with van der Waals surface area (Å²) in [5, 5.41) is 0.700. The van der Waals surface area contributed by atoms with E-state index in [1.54, 1.807) is 12.1 Å². The number of anilines is 1. The number of hydrogen-bond donors (Lipinski definition) is 1. The fraction of sp³-hybridized carbons (Fsp3) is 0.333. The number of nitrogens with two attached hydrogens (primary N) is 1. The van der Waals surface area contributed by atoms with Crippen molar-refractivity contribution < 1.29 is 13.9 Å². The Morgan fingerprint density at radius 3 is 3.00 bits per heavy atom. The predicted octanol–water partition coefficient (Wildman–Crippen LogP) is 5.03. The lowest BCUT2D eigenvalue weighted by atomic mass is 9.95. The van der Waals surface area contributed by atoms with E-state index in [1.807, 2.05) is 11.8 Å². The van der Waals surface area contributed by atoms with E-state index in [9.17, 15) is 9.18 Å². The van der Waals surface area contributed by atoms with Gasteiger partial charge in [0.05, 0.1) is 21.8 Å². The van der Waals surface area contributed by atoms with Crippen molar-refractivity contribution in [3.05, 3.63) is 40.2 Å². The zero-order chi connectivity index (χ0) is 20.3. The fourth-order valence-electron chi connectivity index (χ4n) is 4.40. The van der Waals surface area contributed by atoms with Crippen LogP contribution < -0.4 is 10.5 Å². The lowest BCUT2D eigenvalue weighted by molar-refractivity contribution is 0.0578. The van der Waals surface area contributed by atoms with Gasteiger partial charge in [0.15, 0.2) is 5.13 Å². The van der Waals surface area contributed by atoms with E-state index in [0.29, 0.717) is 44.3 Å². The number of benzene rings is 2. The highest BCUT2D eigenvalue weighted by Gasteiger charge is 2.34. The van der Waals surface area contributed by atoms with Gasteiger partial charge in [-0.3, -0.25) is 4.79 Å². The molecule has 0 unspecified atom stereocenters. The van der Waals surface area contributed by atoms with E-state index >= 15 is 0 Å². The van der Waals surface area contributed by atoms with Crippen LogP contribution in [0.1, 0.15) is 35.2 Å². The SMILES string of the molecule is Cc1c2c(cc(Cl)c1-c1ccc(F)c3sc(N)nc13)C(=O)N1CCCC[C@@H]1CO2. The number of carbonyl (C=O) groups is 1. The molecule has 3 aromatic rings. The van der Waals surface area contributed by atoms with E-state index in [0.717, 1.165) is 42.7 Å². The van der Waals surface area contributed by atoms with E-state index < -0.39 is 0 Å². The van der Waals surface area contributed by atoms with Gasteiger partial charge >= 0.3 is 0 Å². The van der Waals surface area contributed by atoms with Crippen molar-refractivity contribution >= 4 is 44.2 Å². The molecular weight excluding hydrogens is 413 g/mol. The van der Waals surface area contributed by atoms with Crippen LogP contribution in [0.25, 0.3) is 21.3 Å². The first-order valence-electron chi connectivity index (χ1n) is 9.57. The maximum Gasteiger partial charge on any atom is 0.258 e. The number of nitrogens with zero attached hydrogens (tertiary/aromatic N) is 2. The molecule has 0 saturated carbocycles. The van der Waals surface area contributed by atoms with Crippen molar-refractivity contribution in [2.24, 2.45) is 0 Å². The largest absolute Gasteiger partial charge is 0.490 e. The lowest BCUT2D eigenvalue weighted by Gasteiger charge is -2.33. The van der Waals surface area contributed by atoms with Crippen LogP contribution in [0.2, 0.25) is 5.02 Å². The average Bonchev–Trinajstić information content (AvgIpc) is 3.04. The molecule has 1 atom stereocenters. The summed E-state index contributed by atoms with van der Waals surface area (Å²) in [6.45, 7) is 3.08. The normalized spacial score (nSPS) is 18.9. The number of fused-ring (bicyclic) bond motifs is 3. The number of rotatable bonds is 1. The second-order valence-corrected chi connectivity index (χ2v) is 8.96. The Balaban J connectivity index is 1.71. The molecule has 2 aromatic carbocycles. The number of carbonyl (C=O) groups excluding carboxylic acids is 1. The summed E-state index contributed by atoms with van der Waals surface area (Å²) >= 11 is 7.77. The summed E-state index contributed by atoms with van der Waals surface area (Å²) in [4.78, 5) is 19.4. The maximum atomic E-state index is 14.3. The number of amides is 1. The Morgan fingerprint density at radius 1 is 1.34 bits per heavy atom. The van der Waals surface area contributed by atoms with E-state index in [1.165, 1.54) is 6.07 Å². The summed E-state index contributed by atoms with van der Waals surface area (Å²) in [5.41, 5.74) is 8.90. The van der Waals surface area contributed by atoms with Crippen LogP contribution in [0.5, 0.6) is 5.75 Å². The summed E-state index contributed by atoms with van der Waals surface area (Å²) < 4.78 is 20.8. The summed E-state index contributed by atoms with van der Waals surface area (Å²) in [6.07, 6.45) is 3.04. The smallest absolute Gasteiger partial charge is 0.258 e. The van der Waals surface area contributed by atoms with Crippen molar-refractivity contribution in [2.45, 2.75) is 32.2 Å². The number of piperidine rings is 1. The van der Waals surface area contributed by atoms with Crippen molar-refractivity contribution in [3.8, 4) is 16.9 Å². The summed E-state index contributed by atoms with van der Waals surface area (Å²) in [7, 11) is 0. The molecule has 0 radical (unpaired) electrons. The highest BCUT2D eigenvalue weighted by molar-refractivity contribution is 7.22. The second kappa shape index (κ2) is 6.85. The molecule has 1 saturated heterocycles. The van der Waals surface area contributed by atoms with Gasteiger partial charge < -0.3 is 15.4 Å². The minimum atomic E-state index is -0.371. The van der Waals surface area contributed by atoms with Gasteiger partial charge in [-0.05, 0) is 44.4 Å². The molecule has 0 aliphatic carbocycles. The van der Waals surface area contributed by atoms with Crippen molar-refractivity contribution in [1.82, 2.24) is 9.88 Å². The van der Waals surface area contributed by atoms with Crippen molar-refractivity contribution in [1.29, 1.82) is 0 Å². The van der Waals surface area contributed by atoms with E-state index in [-0.39, 0.29) is 22.9 Å². The summed E-state index contributed by atoms with van der Waals surface area (Å²) in [5.74, 6) is 0.134. The Kier molecular flexibility index (Phi) is 4.40. The molecule has 1 fully saturated rings. The van der Waals surface area contributed by atoms with Crippen LogP contribution in [-0.2, 0) is 0 Å². The molecule has 8 heteroatoms. The number of thiazole rings is 1. The minimum Gasteiger partial charge on any atom is -0.490 e. The second-order valence-electron chi connectivity index (χ2n) is 7.52. The molecule has 3 heterocycles. The van der Waals surface area contributed by atoms with Gasteiger partial charge in [0.1, 0.15) is 18.2 Å². The van der Waals surface area contributed by atoms with Gasteiger partial charge in [0.2, 0.25) is 0 Å². The van der Waals surface area contributed by atoms with Crippen LogP contribution in [-0.4, -0.2) is 35.0 Å². The molecule has 0 bridgehead atoms. The van der Waals surface area contributed by atoms with Gasteiger partial charge in [-0.15, -0.1) is 0 Å². The van der Waals surface area contributed by atoms with Crippen LogP contribution >= 0.6 is 22.9 Å². The van der Waals surface area contributed by atoms with Gasteiger partial charge in [-0.2, -0.15) is 0 Å². The topological polar surface area (TPSA) is 68.5 Å². The number of nitrogen functional groups attached to an aromatic ring is 1. The molecule has 5 rings (SSSR count).